The Labute approximate surface area is 104 Å². The van der Waals surface area contributed by atoms with Crippen molar-refractivity contribution in [3.8, 4) is 0 Å². The SMILES string of the molecule is CCOC(=O)C1CC(=Nc2ccccc2)OC1=O. The van der Waals surface area contributed by atoms with Gasteiger partial charge in [0.05, 0.1) is 12.3 Å². The molecule has 94 valence electrons. The third-order valence-electron chi connectivity index (χ3n) is 2.46. The van der Waals surface area contributed by atoms with Gasteiger partial charge in [0.1, 0.15) is 0 Å². The molecule has 0 spiro atoms. The first-order chi connectivity index (χ1) is 8.70. The summed E-state index contributed by atoms with van der Waals surface area (Å²) in [4.78, 5) is 27.1. The molecule has 1 aliphatic rings. The van der Waals surface area contributed by atoms with Crippen molar-refractivity contribution in [3.63, 3.8) is 0 Å². The van der Waals surface area contributed by atoms with Crippen LogP contribution in [0.15, 0.2) is 35.3 Å². The molecule has 1 aromatic carbocycles. The molecule has 1 aliphatic heterocycles. The molecular formula is C13H13NO4. The van der Waals surface area contributed by atoms with E-state index >= 15 is 0 Å². The standard InChI is InChI=1S/C13H13NO4/c1-2-17-12(15)10-8-11(18-13(10)16)14-9-6-4-3-5-7-9/h3-7,10H,2,8H2,1H3. The van der Waals surface area contributed by atoms with E-state index in [1.165, 1.54) is 0 Å². The lowest BCUT2D eigenvalue weighted by Gasteiger charge is -2.02. The van der Waals surface area contributed by atoms with Gasteiger partial charge in [0.15, 0.2) is 11.8 Å². The zero-order valence-corrected chi connectivity index (χ0v) is 9.96. The van der Waals surface area contributed by atoms with Crippen LogP contribution in [0.25, 0.3) is 0 Å². The smallest absolute Gasteiger partial charge is 0.327 e. The number of para-hydroxylation sites is 1. The normalized spacial score (nSPS) is 20.8. The first-order valence-corrected chi connectivity index (χ1v) is 5.71. The summed E-state index contributed by atoms with van der Waals surface area (Å²) in [5.41, 5.74) is 0.685. The average Bonchev–Trinajstić information content (AvgIpc) is 2.72. The molecule has 0 radical (unpaired) electrons. The molecule has 0 bridgehead atoms. The zero-order chi connectivity index (χ0) is 13.0. The van der Waals surface area contributed by atoms with Crippen molar-refractivity contribution in [3.05, 3.63) is 30.3 Å². The Morgan fingerprint density at radius 3 is 2.83 bits per heavy atom. The lowest BCUT2D eigenvalue weighted by Crippen LogP contribution is -2.21. The van der Waals surface area contributed by atoms with Gasteiger partial charge >= 0.3 is 11.9 Å². The van der Waals surface area contributed by atoms with Crippen LogP contribution in [-0.2, 0) is 19.1 Å². The Morgan fingerprint density at radius 2 is 2.17 bits per heavy atom. The maximum atomic E-state index is 11.5. The Kier molecular flexibility index (Phi) is 3.72. The van der Waals surface area contributed by atoms with Crippen molar-refractivity contribution in [2.24, 2.45) is 10.9 Å². The number of hydrogen-bond acceptors (Lipinski definition) is 5. The molecule has 0 saturated carbocycles. The number of carbonyl (C=O) groups excluding carboxylic acids is 2. The minimum Gasteiger partial charge on any atom is -0.465 e. The van der Waals surface area contributed by atoms with Gasteiger partial charge in [-0.05, 0) is 19.1 Å². The van der Waals surface area contributed by atoms with E-state index in [0.717, 1.165) is 0 Å². The second kappa shape index (κ2) is 5.44. The van der Waals surface area contributed by atoms with Crippen LogP contribution in [0.5, 0.6) is 0 Å². The summed E-state index contributed by atoms with van der Waals surface area (Å²) in [6.45, 7) is 1.94. The minimum atomic E-state index is -0.882. The average molecular weight is 247 g/mol. The summed E-state index contributed by atoms with van der Waals surface area (Å²) >= 11 is 0. The summed E-state index contributed by atoms with van der Waals surface area (Å²) in [6, 6.07) is 9.11. The number of esters is 2. The zero-order valence-electron chi connectivity index (χ0n) is 9.96. The van der Waals surface area contributed by atoms with Crippen molar-refractivity contribution in [1.82, 2.24) is 0 Å². The van der Waals surface area contributed by atoms with Gasteiger partial charge < -0.3 is 9.47 Å². The second-order valence-electron chi connectivity index (χ2n) is 3.77. The molecule has 5 heteroatoms. The lowest BCUT2D eigenvalue weighted by atomic mass is 10.1. The number of ether oxygens (including phenoxy) is 2. The van der Waals surface area contributed by atoms with Gasteiger partial charge in [-0.1, -0.05) is 18.2 Å². The van der Waals surface area contributed by atoms with Crippen molar-refractivity contribution in [2.75, 3.05) is 6.61 Å². The van der Waals surface area contributed by atoms with Gasteiger partial charge in [-0.15, -0.1) is 0 Å². The van der Waals surface area contributed by atoms with Crippen molar-refractivity contribution < 1.29 is 19.1 Å². The molecule has 1 aromatic rings. The molecule has 5 nitrogen and oxygen atoms in total. The number of rotatable bonds is 3. The number of carbonyl (C=O) groups is 2. The van der Waals surface area contributed by atoms with Gasteiger partial charge in [-0.25, -0.2) is 4.99 Å². The van der Waals surface area contributed by atoms with Crippen molar-refractivity contribution in [2.45, 2.75) is 13.3 Å². The van der Waals surface area contributed by atoms with Crippen molar-refractivity contribution in [1.29, 1.82) is 0 Å². The van der Waals surface area contributed by atoms with Gasteiger partial charge in [-0.3, -0.25) is 9.59 Å². The van der Waals surface area contributed by atoms with Crippen LogP contribution in [0.4, 0.5) is 5.69 Å². The van der Waals surface area contributed by atoms with Crippen LogP contribution < -0.4 is 0 Å². The van der Waals surface area contributed by atoms with Gasteiger partial charge in [-0.2, -0.15) is 0 Å². The number of nitrogens with zero attached hydrogens (tertiary/aromatic N) is 1. The minimum absolute atomic E-state index is 0.159. The highest BCUT2D eigenvalue weighted by Crippen LogP contribution is 2.21. The molecule has 0 aliphatic carbocycles. The van der Waals surface area contributed by atoms with Crippen LogP contribution >= 0.6 is 0 Å². The van der Waals surface area contributed by atoms with Crippen LogP contribution in [0.2, 0.25) is 0 Å². The quantitative estimate of drug-likeness (QED) is 0.604. The van der Waals surface area contributed by atoms with Gasteiger partial charge in [0.25, 0.3) is 0 Å². The fourth-order valence-corrected chi connectivity index (χ4v) is 1.62. The molecule has 1 atom stereocenters. The molecule has 1 unspecified atom stereocenters. The van der Waals surface area contributed by atoms with Gasteiger partial charge in [0.2, 0.25) is 0 Å². The number of aliphatic imine (C=N–C) groups is 1. The number of hydrogen-bond donors (Lipinski definition) is 0. The summed E-state index contributed by atoms with van der Waals surface area (Å²) < 4.78 is 9.76. The third kappa shape index (κ3) is 2.74. The Morgan fingerprint density at radius 1 is 1.44 bits per heavy atom. The largest absolute Gasteiger partial charge is 0.465 e. The van der Waals surface area contributed by atoms with E-state index in [4.69, 9.17) is 9.47 Å². The molecule has 0 aromatic heterocycles. The van der Waals surface area contributed by atoms with Crippen molar-refractivity contribution >= 4 is 23.5 Å². The van der Waals surface area contributed by atoms with E-state index in [-0.39, 0.29) is 18.9 Å². The Hall–Kier alpha value is -2.17. The monoisotopic (exact) mass is 247 g/mol. The fourth-order valence-electron chi connectivity index (χ4n) is 1.62. The predicted octanol–water partition coefficient (Wildman–Crippen LogP) is 1.84. The first kappa shape index (κ1) is 12.3. The van der Waals surface area contributed by atoms with E-state index < -0.39 is 17.9 Å². The topological polar surface area (TPSA) is 65.0 Å². The summed E-state index contributed by atoms with van der Waals surface area (Å²) in [6.07, 6.45) is 0.159. The van der Waals surface area contributed by atoms with E-state index in [1.54, 1.807) is 19.1 Å². The highest BCUT2D eigenvalue weighted by atomic mass is 16.6. The summed E-state index contributed by atoms with van der Waals surface area (Å²) in [7, 11) is 0. The van der Waals surface area contributed by atoms with Crippen LogP contribution in [0, 0.1) is 5.92 Å². The summed E-state index contributed by atoms with van der Waals surface area (Å²) in [5, 5.41) is 0. The first-order valence-electron chi connectivity index (χ1n) is 5.71. The molecule has 1 saturated heterocycles. The second-order valence-corrected chi connectivity index (χ2v) is 3.77. The van der Waals surface area contributed by atoms with E-state index in [0.29, 0.717) is 5.69 Å². The number of cyclic esters (lactones) is 1. The molecule has 1 fully saturated rings. The summed E-state index contributed by atoms with van der Waals surface area (Å²) in [5.74, 6) is -1.78. The predicted molar refractivity (Wildman–Crippen MR) is 64.4 cm³/mol. The van der Waals surface area contributed by atoms with E-state index in [2.05, 4.69) is 4.99 Å². The number of benzene rings is 1. The van der Waals surface area contributed by atoms with E-state index in [9.17, 15) is 9.59 Å². The Balaban J connectivity index is 2.09. The lowest BCUT2D eigenvalue weighted by molar-refractivity contribution is -0.154. The molecule has 18 heavy (non-hydrogen) atoms. The fraction of sp³-hybridized carbons (Fsp3) is 0.308. The molecule has 0 amide bonds. The molecule has 0 N–H and O–H groups in total. The van der Waals surface area contributed by atoms with Crippen LogP contribution in [0.3, 0.4) is 0 Å². The van der Waals surface area contributed by atoms with Crippen LogP contribution in [-0.4, -0.2) is 24.4 Å². The van der Waals surface area contributed by atoms with Crippen LogP contribution in [0.1, 0.15) is 13.3 Å². The maximum absolute atomic E-state index is 11.5. The maximum Gasteiger partial charge on any atom is 0.327 e. The van der Waals surface area contributed by atoms with E-state index in [1.807, 2.05) is 18.2 Å². The Bertz CT molecular complexity index is 481. The molecule has 1 heterocycles. The van der Waals surface area contributed by atoms with Gasteiger partial charge in [0, 0.05) is 6.42 Å². The highest BCUT2D eigenvalue weighted by molar-refractivity contribution is 6.08. The third-order valence-corrected chi connectivity index (χ3v) is 2.46. The molecule has 2 rings (SSSR count). The molecular weight excluding hydrogens is 234 g/mol. The highest BCUT2D eigenvalue weighted by Gasteiger charge is 2.38.